The zero-order chi connectivity index (χ0) is 14.7. The van der Waals surface area contributed by atoms with Gasteiger partial charge in [0.05, 0.1) is 0 Å². The Labute approximate surface area is 122 Å². The summed E-state index contributed by atoms with van der Waals surface area (Å²) >= 11 is 0. The second-order valence-electron chi connectivity index (χ2n) is 5.24. The third-order valence-corrected chi connectivity index (χ3v) is 3.71. The highest BCUT2D eigenvalue weighted by molar-refractivity contribution is 6.03. The predicted molar refractivity (Wildman–Crippen MR) is 80.8 cm³/mol. The summed E-state index contributed by atoms with van der Waals surface area (Å²) in [5.41, 5.74) is 0. The Bertz CT molecular complexity index is 679. The van der Waals surface area contributed by atoms with Gasteiger partial charge in [0.25, 0.3) is 0 Å². The van der Waals surface area contributed by atoms with Gasteiger partial charge in [-0.3, -0.25) is 9.59 Å². The number of hydrogen-bond donors (Lipinski definition) is 2. The van der Waals surface area contributed by atoms with E-state index < -0.39 is 6.04 Å². The summed E-state index contributed by atoms with van der Waals surface area (Å²) in [7, 11) is 0. The average Bonchev–Trinajstić information content (AvgIpc) is 2.72. The zero-order valence-corrected chi connectivity index (χ0v) is 11.6. The van der Waals surface area contributed by atoms with Crippen LogP contribution >= 0.6 is 0 Å². The maximum atomic E-state index is 12.3. The summed E-state index contributed by atoms with van der Waals surface area (Å²) in [6, 6.07) is 9.18. The lowest BCUT2D eigenvalue weighted by Gasteiger charge is -2.16. The zero-order valence-electron chi connectivity index (χ0n) is 11.6. The molecule has 0 bridgehead atoms. The lowest BCUT2D eigenvalue weighted by molar-refractivity contribution is -0.126. The van der Waals surface area contributed by atoms with Crippen LogP contribution < -0.4 is 10.6 Å². The summed E-state index contributed by atoms with van der Waals surface area (Å²) in [6.45, 7) is 0. The number of nitrogens with zero attached hydrogens (tertiary/aromatic N) is 1. The number of nitrogens with one attached hydrogen (secondary N) is 2. The summed E-state index contributed by atoms with van der Waals surface area (Å²) in [5.74, 6) is 0.282. The molecule has 0 aliphatic carbocycles. The minimum absolute atomic E-state index is 0.0569. The van der Waals surface area contributed by atoms with E-state index in [1.165, 1.54) is 0 Å². The molecule has 21 heavy (non-hydrogen) atoms. The lowest BCUT2D eigenvalue weighted by Crippen LogP contribution is -2.42. The second kappa shape index (κ2) is 5.91. The number of pyridine rings is 1. The van der Waals surface area contributed by atoms with Crippen molar-refractivity contribution >= 4 is 28.4 Å². The number of fused-ring (bicyclic) bond motifs is 1. The molecule has 1 atom stereocenters. The average molecular weight is 283 g/mol. The van der Waals surface area contributed by atoms with Crippen LogP contribution in [0.1, 0.15) is 25.7 Å². The monoisotopic (exact) mass is 283 g/mol. The van der Waals surface area contributed by atoms with Gasteiger partial charge in [-0.25, -0.2) is 4.98 Å². The fourth-order valence-corrected chi connectivity index (χ4v) is 2.59. The minimum Gasteiger partial charge on any atom is -0.344 e. The van der Waals surface area contributed by atoms with Crippen molar-refractivity contribution in [3.63, 3.8) is 0 Å². The molecular formula is C16H17N3O2. The molecule has 1 saturated heterocycles. The molecule has 0 spiro atoms. The Morgan fingerprint density at radius 1 is 1.24 bits per heavy atom. The molecule has 1 aromatic carbocycles. The number of anilines is 1. The molecule has 1 aliphatic heterocycles. The van der Waals surface area contributed by atoms with Crippen LogP contribution in [-0.4, -0.2) is 22.8 Å². The molecule has 1 unspecified atom stereocenters. The molecule has 3 rings (SSSR count). The smallest absolute Gasteiger partial charge is 0.248 e. The molecular weight excluding hydrogens is 266 g/mol. The molecule has 2 aromatic rings. The topological polar surface area (TPSA) is 71.1 Å². The molecule has 108 valence electrons. The standard InChI is InChI=1S/C16H17N3O2/c20-14-8-4-3-7-13(18-14)16(21)19-15-12-6-2-1-5-11(12)9-10-17-15/h1-2,5-6,9-10,13H,3-4,7-8H2,(H,18,20)(H,17,19,21). The van der Waals surface area contributed by atoms with Crippen molar-refractivity contribution in [3.8, 4) is 0 Å². The van der Waals surface area contributed by atoms with Crippen molar-refractivity contribution in [1.29, 1.82) is 0 Å². The summed E-state index contributed by atoms with van der Waals surface area (Å²) < 4.78 is 0. The van der Waals surface area contributed by atoms with Gasteiger partial charge in [-0.1, -0.05) is 30.7 Å². The highest BCUT2D eigenvalue weighted by Gasteiger charge is 2.23. The maximum absolute atomic E-state index is 12.3. The minimum atomic E-state index is -0.472. The first-order chi connectivity index (χ1) is 10.2. The number of aromatic nitrogens is 1. The van der Waals surface area contributed by atoms with Gasteiger partial charge < -0.3 is 10.6 Å². The van der Waals surface area contributed by atoms with Crippen LogP contribution in [0.25, 0.3) is 10.8 Å². The van der Waals surface area contributed by atoms with E-state index in [9.17, 15) is 9.59 Å². The molecule has 5 nitrogen and oxygen atoms in total. The van der Waals surface area contributed by atoms with Gasteiger partial charge in [0.15, 0.2) is 0 Å². The van der Waals surface area contributed by atoms with Crippen molar-refractivity contribution in [3.05, 3.63) is 36.5 Å². The third kappa shape index (κ3) is 3.02. The van der Waals surface area contributed by atoms with E-state index in [1.54, 1.807) is 6.20 Å². The Hall–Kier alpha value is -2.43. The number of benzene rings is 1. The third-order valence-electron chi connectivity index (χ3n) is 3.71. The van der Waals surface area contributed by atoms with Gasteiger partial charge in [-0.2, -0.15) is 0 Å². The van der Waals surface area contributed by atoms with Crippen LogP contribution in [-0.2, 0) is 9.59 Å². The van der Waals surface area contributed by atoms with Crippen molar-refractivity contribution in [1.82, 2.24) is 10.3 Å². The van der Waals surface area contributed by atoms with Crippen molar-refractivity contribution in [2.24, 2.45) is 0 Å². The molecule has 0 saturated carbocycles. The van der Waals surface area contributed by atoms with E-state index in [1.807, 2.05) is 30.3 Å². The number of hydrogen-bond acceptors (Lipinski definition) is 3. The summed E-state index contributed by atoms with van der Waals surface area (Å²) in [6.07, 6.45) is 4.55. The number of amides is 2. The number of carbonyl (C=O) groups excluding carboxylic acids is 2. The quantitative estimate of drug-likeness (QED) is 0.888. The molecule has 1 aromatic heterocycles. The maximum Gasteiger partial charge on any atom is 0.248 e. The first-order valence-corrected chi connectivity index (χ1v) is 7.18. The highest BCUT2D eigenvalue weighted by Crippen LogP contribution is 2.21. The molecule has 2 amide bonds. The Morgan fingerprint density at radius 2 is 2.10 bits per heavy atom. The van der Waals surface area contributed by atoms with E-state index >= 15 is 0 Å². The van der Waals surface area contributed by atoms with Crippen molar-refractivity contribution < 1.29 is 9.59 Å². The Balaban J connectivity index is 1.81. The van der Waals surface area contributed by atoms with Crippen LogP contribution in [0.4, 0.5) is 5.82 Å². The fourth-order valence-electron chi connectivity index (χ4n) is 2.59. The summed E-state index contributed by atoms with van der Waals surface area (Å²) in [4.78, 5) is 28.1. The van der Waals surface area contributed by atoms with Gasteiger partial charge in [0.1, 0.15) is 11.9 Å². The van der Waals surface area contributed by atoms with Gasteiger partial charge in [-0.15, -0.1) is 0 Å². The van der Waals surface area contributed by atoms with Crippen LogP contribution in [0, 0.1) is 0 Å². The largest absolute Gasteiger partial charge is 0.344 e. The van der Waals surface area contributed by atoms with Gasteiger partial charge in [-0.05, 0) is 24.3 Å². The van der Waals surface area contributed by atoms with Crippen LogP contribution in [0.2, 0.25) is 0 Å². The van der Waals surface area contributed by atoms with E-state index in [0.717, 1.165) is 23.6 Å². The SMILES string of the molecule is O=C1CCCCC(C(=O)Nc2nccc3ccccc23)N1. The molecule has 2 heterocycles. The van der Waals surface area contributed by atoms with E-state index in [4.69, 9.17) is 0 Å². The predicted octanol–water partition coefficient (Wildman–Crippen LogP) is 2.23. The van der Waals surface area contributed by atoms with Gasteiger partial charge >= 0.3 is 0 Å². The number of rotatable bonds is 2. The highest BCUT2D eigenvalue weighted by atomic mass is 16.2. The number of carbonyl (C=O) groups is 2. The molecule has 1 fully saturated rings. The molecule has 0 radical (unpaired) electrons. The Kier molecular flexibility index (Phi) is 3.81. The first kappa shape index (κ1) is 13.5. The molecule has 2 N–H and O–H groups in total. The van der Waals surface area contributed by atoms with Crippen LogP contribution in [0.15, 0.2) is 36.5 Å². The van der Waals surface area contributed by atoms with Crippen molar-refractivity contribution in [2.75, 3.05) is 5.32 Å². The van der Waals surface area contributed by atoms with Crippen molar-refractivity contribution in [2.45, 2.75) is 31.7 Å². The summed E-state index contributed by atoms with van der Waals surface area (Å²) in [5, 5.41) is 7.52. The van der Waals surface area contributed by atoms with Gasteiger partial charge in [0.2, 0.25) is 11.8 Å². The van der Waals surface area contributed by atoms with E-state index in [2.05, 4.69) is 15.6 Å². The van der Waals surface area contributed by atoms with E-state index in [-0.39, 0.29) is 11.8 Å². The molecule has 1 aliphatic rings. The second-order valence-corrected chi connectivity index (χ2v) is 5.24. The normalized spacial score (nSPS) is 18.9. The van der Waals surface area contributed by atoms with Crippen LogP contribution in [0.5, 0.6) is 0 Å². The van der Waals surface area contributed by atoms with E-state index in [0.29, 0.717) is 18.7 Å². The first-order valence-electron chi connectivity index (χ1n) is 7.18. The van der Waals surface area contributed by atoms with Gasteiger partial charge in [0, 0.05) is 18.0 Å². The Morgan fingerprint density at radius 3 is 3.00 bits per heavy atom. The van der Waals surface area contributed by atoms with Crippen LogP contribution in [0.3, 0.4) is 0 Å². The fraction of sp³-hybridized carbons (Fsp3) is 0.312. The molecule has 5 heteroatoms. The lowest BCUT2D eigenvalue weighted by atomic mass is 10.1.